The summed E-state index contributed by atoms with van der Waals surface area (Å²) in [6.07, 6.45) is 3.15. The first-order chi connectivity index (χ1) is 9.00. The number of hydrogen-bond acceptors (Lipinski definition) is 4. The molecule has 0 aliphatic heterocycles. The topological polar surface area (TPSA) is 91.3 Å². The third-order valence-corrected chi connectivity index (χ3v) is 2.43. The molecule has 1 aromatic heterocycles. The molecule has 0 atom stereocenters. The lowest BCUT2D eigenvalue weighted by Crippen LogP contribution is -2.28. The van der Waals surface area contributed by atoms with E-state index in [2.05, 4.69) is 15.6 Å². The number of anilines is 1. The summed E-state index contributed by atoms with van der Waals surface area (Å²) in [5.74, 6) is -0.662. The molecule has 1 amide bonds. The van der Waals surface area contributed by atoms with Gasteiger partial charge in [-0.3, -0.25) is 9.78 Å². The molecular weight excluding hydrogens is 246 g/mol. The van der Waals surface area contributed by atoms with Crippen LogP contribution in [-0.2, 0) is 4.79 Å². The Morgan fingerprint density at radius 3 is 2.79 bits per heavy atom. The number of rotatable bonds is 7. The zero-order valence-electron chi connectivity index (χ0n) is 11.1. The van der Waals surface area contributed by atoms with E-state index in [-0.39, 0.29) is 11.5 Å². The van der Waals surface area contributed by atoms with Crippen LogP contribution in [0.25, 0.3) is 0 Å². The molecule has 0 radical (unpaired) electrons. The monoisotopic (exact) mass is 265 g/mol. The Balaban J connectivity index is 2.41. The van der Waals surface area contributed by atoms with E-state index in [4.69, 9.17) is 5.11 Å². The quantitative estimate of drug-likeness (QED) is 0.692. The molecule has 1 heterocycles. The molecule has 104 valence electrons. The normalized spacial score (nSPS) is 10.3. The van der Waals surface area contributed by atoms with Crippen molar-refractivity contribution in [2.45, 2.75) is 20.3 Å². The summed E-state index contributed by atoms with van der Waals surface area (Å²) in [5, 5.41) is 14.7. The Morgan fingerprint density at radius 2 is 2.16 bits per heavy atom. The van der Waals surface area contributed by atoms with Gasteiger partial charge in [-0.25, -0.2) is 4.79 Å². The Hall–Kier alpha value is -2.11. The van der Waals surface area contributed by atoms with Gasteiger partial charge in [0.25, 0.3) is 0 Å². The number of carboxylic acids is 1. The van der Waals surface area contributed by atoms with Crippen molar-refractivity contribution in [1.82, 2.24) is 10.3 Å². The Bertz CT molecular complexity index is 447. The van der Waals surface area contributed by atoms with Gasteiger partial charge in [-0.05, 0) is 12.0 Å². The van der Waals surface area contributed by atoms with Crippen molar-refractivity contribution in [3.8, 4) is 0 Å². The highest BCUT2D eigenvalue weighted by Crippen LogP contribution is 2.12. The van der Waals surface area contributed by atoms with Crippen LogP contribution in [0.2, 0.25) is 0 Å². The van der Waals surface area contributed by atoms with Crippen molar-refractivity contribution in [2.75, 3.05) is 18.4 Å². The summed E-state index contributed by atoms with van der Waals surface area (Å²) in [6, 6.07) is 1.42. The number of pyridine rings is 1. The number of carbonyl (C=O) groups is 2. The number of nitrogens with zero attached hydrogens (tertiary/aromatic N) is 1. The van der Waals surface area contributed by atoms with Crippen molar-refractivity contribution in [2.24, 2.45) is 5.92 Å². The maximum absolute atomic E-state index is 11.5. The van der Waals surface area contributed by atoms with E-state index >= 15 is 0 Å². The highest BCUT2D eigenvalue weighted by Gasteiger charge is 2.09. The minimum Gasteiger partial charge on any atom is -0.478 e. The van der Waals surface area contributed by atoms with E-state index < -0.39 is 5.97 Å². The number of carboxylic acid groups (broad SMARTS) is 1. The van der Waals surface area contributed by atoms with Crippen molar-refractivity contribution in [3.05, 3.63) is 24.0 Å². The average Bonchev–Trinajstić information content (AvgIpc) is 2.36. The number of nitrogens with one attached hydrogen (secondary N) is 2. The molecule has 0 aliphatic carbocycles. The van der Waals surface area contributed by atoms with Crippen molar-refractivity contribution in [3.63, 3.8) is 0 Å². The summed E-state index contributed by atoms with van der Waals surface area (Å²) in [7, 11) is 0. The molecule has 0 fully saturated rings. The molecule has 0 saturated heterocycles. The summed E-state index contributed by atoms with van der Waals surface area (Å²) in [4.78, 5) is 26.3. The second-order valence-electron chi connectivity index (χ2n) is 4.60. The average molecular weight is 265 g/mol. The minimum absolute atomic E-state index is 0.0537. The van der Waals surface area contributed by atoms with Crippen LogP contribution < -0.4 is 10.6 Å². The molecule has 1 rings (SSSR count). The predicted octanol–water partition coefficient (Wildman–Crippen LogP) is 1.35. The number of hydrogen-bond donors (Lipinski definition) is 3. The third-order valence-electron chi connectivity index (χ3n) is 2.43. The Morgan fingerprint density at radius 1 is 1.42 bits per heavy atom. The molecule has 19 heavy (non-hydrogen) atoms. The fraction of sp³-hybridized carbons (Fsp3) is 0.462. The second kappa shape index (κ2) is 7.35. The van der Waals surface area contributed by atoms with Crippen LogP contribution in [0.4, 0.5) is 5.69 Å². The lowest BCUT2D eigenvalue weighted by atomic mass is 10.2. The summed E-state index contributed by atoms with van der Waals surface area (Å²) in [5.41, 5.74) is 0.573. The van der Waals surface area contributed by atoms with Crippen molar-refractivity contribution >= 4 is 17.6 Å². The van der Waals surface area contributed by atoms with Crippen LogP contribution in [0.5, 0.6) is 0 Å². The van der Waals surface area contributed by atoms with E-state index in [0.717, 1.165) is 0 Å². The summed E-state index contributed by atoms with van der Waals surface area (Å²) >= 11 is 0. The van der Waals surface area contributed by atoms with Crippen LogP contribution in [0.15, 0.2) is 18.5 Å². The maximum atomic E-state index is 11.5. The van der Waals surface area contributed by atoms with Gasteiger partial charge in [-0.15, -0.1) is 0 Å². The summed E-state index contributed by atoms with van der Waals surface area (Å²) < 4.78 is 0. The maximum Gasteiger partial charge on any atom is 0.337 e. The van der Waals surface area contributed by atoms with Crippen LogP contribution in [0, 0.1) is 5.92 Å². The zero-order valence-corrected chi connectivity index (χ0v) is 11.1. The number of aromatic carboxylic acids is 1. The van der Waals surface area contributed by atoms with E-state index in [9.17, 15) is 9.59 Å². The lowest BCUT2D eigenvalue weighted by molar-refractivity contribution is -0.120. The first-order valence-corrected chi connectivity index (χ1v) is 6.18. The molecule has 6 nitrogen and oxygen atoms in total. The Labute approximate surface area is 112 Å². The fourth-order valence-electron chi connectivity index (χ4n) is 1.44. The van der Waals surface area contributed by atoms with Gasteiger partial charge in [0.05, 0.1) is 17.4 Å². The van der Waals surface area contributed by atoms with Crippen molar-refractivity contribution < 1.29 is 14.7 Å². The molecule has 0 aliphatic rings. The van der Waals surface area contributed by atoms with Crippen molar-refractivity contribution in [1.29, 1.82) is 0 Å². The van der Waals surface area contributed by atoms with E-state index in [1.807, 2.05) is 13.8 Å². The van der Waals surface area contributed by atoms with Gasteiger partial charge in [-0.2, -0.15) is 0 Å². The lowest BCUT2D eigenvalue weighted by Gasteiger charge is -2.10. The highest BCUT2D eigenvalue weighted by molar-refractivity contribution is 5.93. The standard InChI is InChI=1S/C13H19N3O3/c1-9(2)7-16-12(17)4-6-15-11-8-14-5-3-10(11)13(18)19/h3,5,8-9,15H,4,6-7H2,1-2H3,(H,16,17)(H,18,19). The van der Waals surface area contributed by atoms with Gasteiger partial charge in [0.2, 0.25) is 5.91 Å². The van der Waals surface area contributed by atoms with Crippen LogP contribution in [0.1, 0.15) is 30.6 Å². The molecular formula is C13H19N3O3. The molecule has 0 spiro atoms. The van der Waals surface area contributed by atoms with E-state index in [0.29, 0.717) is 31.1 Å². The Kier molecular flexibility index (Phi) is 5.78. The van der Waals surface area contributed by atoms with E-state index in [1.54, 1.807) is 0 Å². The number of aromatic nitrogens is 1. The summed E-state index contributed by atoms with van der Waals surface area (Å²) in [6.45, 7) is 5.06. The first-order valence-electron chi connectivity index (χ1n) is 6.18. The molecule has 1 aromatic rings. The number of amides is 1. The van der Waals surface area contributed by atoms with Crippen LogP contribution in [-0.4, -0.2) is 35.1 Å². The molecule has 0 aromatic carbocycles. The van der Waals surface area contributed by atoms with Gasteiger partial charge in [0.1, 0.15) is 0 Å². The van der Waals surface area contributed by atoms with Gasteiger partial charge >= 0.3 is 5.97 Å². The van der Waals surface area contributed by atoms with E-state index in [1.165, 1.54) is 18.5 Å². The molecule has 3 N–H and O–H groups in total. The van der Waals surface area contributed by atoms with Gasteiger partial charge in [0, 0.05) is 25.7 Å². The zero-order chi connectivity index (χ0) is 14.3. The van der Waals surface area contributed by atoms with Gasteiger partial charge in [0.15, 0.2) is 0 Å². The smallest absolute Gasteiger partial charge is 0.337 e. The largest absolute Gasteiger partial charge is 0.478 e. The predicted molar refractivity (Wildman–Crippen MR) is 72.2 cm³/mol. The fourth-order valence-corrected chi connectivity index (χ4v) is 1.44. The first kappa shape index (κ1) is 14.9. The van der Waals surface area contributed by atoms with Gasteiger partial charge in [-0.1, -0.05) is 13.8 Å². The van der Waals surface area contributed by atoms with Gasteiger partial charge < -0.3 is 15.7 Å². The van der Waals surface area contributed by atoms with Crippen LogP contribution in [0.3, 0.4) is 0 Å². The molecule has 0 saturated carbocycles. The molecule has 0 bridgehead atoms. The SMILES string of the molecule is CC(C)CNC(=O)CCNc1cnccc1C(=O)O. The highest BCUT2D eigenvalue weighted by atomic mass is 16.4. The molecule has 0 unspecified atom stereocenters. The number of carbonyl (C=O) groups excluding carboxylic acids is 1. The minimum atomic E-state index is -1.02. The molecule has 6 heteroatoms. The second-order valence-corrected chi connectivity index (χ2v) is 4.60. The third kappa shape index (κ3) is 5.37. The van der Waals surface area contributed by atoms with Crippen LogP contribution >= 0.6 is 0 Å².